The molecule has 3 aliphatic rings. The fourth-order valence-corrected chi connectivity index (χ4v) is 5.15. The molecule has 2 amide bonds. The molecular formula is C27H19N3O4. The van der Waals surface area contributed by atoms with Crippen molar-refractivity contribution in [2.45, 2.75) is 13.0 Å². The molecule has 166 valence electrons. The average molecular weight is 449 g/mol. The van der Waals surface area contributed by atoms with Gasteiger partial charge in [-0.1, -0.05) is 42.5 Å². The number of ketones is 1. The molecular weight excluding hydrogens is 430 g/mol. The van der Waals surface area contributed by atoms with E-state index in [2.05, 4.69) is 4.98 Å². The second-order valence-corrected chi connectivity index (χ2v) is 8.67. The van der Waals surface area contributed by atoms with E-state index in [0.29, 0.717) is 22.5 Å². The molecule has 3 aromatic rings. The van der Waals surface area contributed by atoms with E-state index in [1.54, 1.807) is 66.9 Å². The standard InChI is InChI=1S/C27H19N3O4/c1-14-7-6-8-15(13-14)30-26(33)19-20(27(30)34)23(29-22(19)18-11-4-5-12-28-18)21-24(31)16-9-2-3-10-17(16)25(21)32/h2-13,19-20,22,31H,1H3/t19-,20+,22+/m1/s1. The summed E-state index contributed by atoms with van der Waals surface area (Å²) in [6.45, 7) is 1.89. The zero-order valence-electron chi connectivity index (χ0n) is 18.2. The highest BCUT2D eigenvalue weighted by Gasteiger charge is 2.59. The summed E-state index contributed by atoms with van der Waals surface area (Å²) in [6.07, 6.45) is 1.60. The van der Waals surface area contributed by atoms with Gasteiger partial charge in [-0.3, -0.25) is 24.4 Å². The van der Waals surface area contributed by atoms with Crippen LogP contribution in [0.15, 0.2) is 83.5 Å². The lowest BCUT2D eigenvalue weighted by atomic mass is 9.84. The number of pyridine rings is 1. The van der Waals surface area contributed by atoms with Crippen molar-refractivity contribution < 1.29 is 19.5 Å². The van der Waals surface area contributed by atoms with Crippen molar-refractivity contribution in [3.63, 3.8) is 0 Å². The van der Waals surface area contributed by atoms with Crippen molar-refractivity contribution in [1.29, 1.82) is 0 Å². The highest BCUT2D eigenvalue weighted by atomic mass is 16.3. The summed E-state index contributed by atoms with van der Waals surface area (Å²) >= 11 is 0. The number of imide groups is 1. The minimum absolute atomic E-state index is 0.0122. The summed E-state index contributed by atoms with van der Waals surface area (Å²) in [6, 6.07) is 18.4. The van der Waals surface area contributed by atoms with Crippen LogP contribution in [0.1, 0.15) is 33.2 Å². The molecule has 7 heteroatoms. The van der Waals surface area contributed by atoms with E-state index in [1.807, 2.05) is 13.0 Å². The van der Waals surface area contributed by atoms with Crippen LogP contribution >= 0.6 is 0 Å². The van der Waals surface area contributed by atoms with Gasteiger partial charge in [0.05, 0.1) is 34.5 Å². The van der Waals surface area contributed by atoms with E-state index >= 15 is 0 Å². The number of aliphatic hydroxyl groups excluding tert-OH is 1. The highest BCUT2D eigenvalue weighted by Crippen LogP contribution is 2.48. The van der Waals surface area contributed by atoms with Crippen LogP contribution in [0.4, 0.5) is 5.69 Å². The monoisotopic (exact) mass is 449 g/mol. The highest BCUT2D eigenvalue weighted by molar-refractivity contribution is 6.42. The topological polar surface area (TPSA) is 99.9 Å². The molecule has 1 aliphatic carbocycles. The van der Waals surface area contributed by atoms with Crippen LogP contribution in [-0.2, 0) is 9.59 Å². The first-order valence-electron chi connectivity index (χ1n) is 11.0. The number of aromatic nitrogens is 1. The number of nitrogens with zero attached hydrogens (tertiary/aromatic N) is 3. The van der Waals surface area contributed by atoms with Crippen molar-refractivity contribution in [3.05, 3.63) is 101 Å². The van der Waals surface area contributed by atoms with Gasteiger partial charge in [0.2, 0.25) is 11.8 Å². The Morgan fingerprint density at radius 3 is 2.35 bits per heavy atom. The maximum absolute atomic E-state index is 13.7. The van der Waals surface area contributed by atoms with Crippen LogP contribution in [0.2, 0.25) is 0 Å². The number of aliphatic imine (C=N–C) groups is 1. The van der Waals surface area contributed by atoms with Gasteiger partial charge in [-0.05, 0) is 36.8 Å². The largest absolute Gasteiger partial charge is 0.506 e. The smallest absolute Gasteiger partial charge is 0.243 e. The van der Waals surface area contributed by atoms with E-state index < -0.39 is 35.5 Å². The SMILES string of the molecule is Cc1cccc(N2C(=O)[C@@H]3C(C4=C(O)c5ccccc5C4=O)=N[C@@H](c4ccccn4)[C@@H]3C2=O)c1. The molecule has 3 atom stereocenters. The van der Waals surface area contributed by atoms with Gasteiger partial charge in [-0.2, -0.15) is 0 Å². The predicted octanol–water partition coefficient (Wildman–Crippen LogP) is 3.86. The molecule has 0 saturated carbocycles. The number of allylic oxidation sites excluding steroid dienone is 1. The quantitative estimate of drug-likeness (QED) is 0.612. The predicted molar refractivity (Wildman–Crippen MR) is 125 cm³/mol. The third-order valence-corrected chi connectivity index (χ3v) is 6.66. The Morgan fingerprint density at radius 1 is 0.882 bits per heavy atom. The lowest BCUT2D eigenvalue weighted by Crippen LogP contribution is -2.33. The number of aryl methyl sites for hydroxylation is 1. The maximum atomic E-state index is 13.7. The van der Waals surface area contributed by atoms with Gasteiger partial charge in [0.15, 0.2) is 5.78 Å². The van der Waals surface area contributed by atoms with Crippen LogP contribution in [0, 0.1) is 18.8 Å². The van der Waals surface area contributed by atoms with E-state index in [1.165, 1.54) is 4.90 Å². The second kappa shape index (κ2) is 7.31. The number of fused-ring (bicyclic) bond motifs is 2. The van der Waals surface area contributed by atoms with Gasteiger partial charge < -0.3 is 5.11 Å². The second-order valence-electron chi connectivity index (χ2n) is 8.67. The number of rotatable bonds is 3. The van der Waals surface area contributed by atoms with Gasteiger partial charge in [0.1, 0.15) is 11.8 Å². The fraction of sp³-hybridized carbons (Fsp3) is 0.148. The number of anilines is 1. The van der Waals surface area contributed by atoms with E-state index in [9.17, 15) is 19.5 Å². The molecule has 1 aromatic heterocycles. The van der Waals surface area contributed by atoms with Crippen LogP contribution in [-0.4, -0.2) is 33.4 Å². The molecule has 6 rings (SSSR count). The number of aliphatic hydroxyl groups is 1. The molecule has 1 fully saturated rings. The molecule has 0 spiro atoms. The Hall–Kier alpha value is -4.39. The summed E-state index contributed by atoms with van der Waals surface area (Å²) in [7, 11) is 0. The normalized spacial score (nSPS) is 23.4. The minimum atomic E-state index is -0.990. The molecule has 7 nitrogen and oxygen atoms in total. The lowest BCUT2D eigenvalue weighted by Gasteiger charge is -2.18. The number of carbonyl (C=O) groups is 3. The van der Waals surface area contributed by atoms with Crippen molar-refractivity contribution in [3.8, 4) is 0 Å². The Bertz CT molecular complexity index is 1460. The molecule has 2 aliphatic heterocycles. The van der Waals surface area contributed by atoms with Crippen molar-refractivity contribution in [2.24, 2.45) is 16.8 Å². The zero-order chi connectivity index (χ0) is 23.6. The Kier molecular flexibility index (Phi) is 4.35. The van der Waals surface area contributed by atoms with E-state index in [0.717, 1.165) is 5.56 Å². The number of carbonyl (C=O) groups excluding carboxylic acids is 3. The van der Waals surface area contributed by atoms with Crippen molar-refractivity contribution in [1.82, 2.24) is 4.98 Å². The Balaban J connectivity index is 1.52. The van der Waals surface area contributed by atoms with Crippen LogP contribution in [0.5, 0.6) is 0 Å². The zero-order valence-corrected chi connectivity index (χ0v) is 18.2. The molecule has 2 aromatic carbocycles. The van der Waals surface area contributed by atoms with Gasteiger partial charge >= 0.3 is 0 Å². The van der Waals surface area contributed by atoms with Crippen LogP contribution < -0.4 is 4.90 Å². The lowest BCUT2D eigenvalue weighted by molar-refractivity contribution is -0.122. The molecule has 1 saturated heterocycles. The van der Waals surface area contributed by atoms with Gasteiger partial charge in [0.25, 0.3) is 0 Å². The molecule has 3 heterocycles. The summed E-state index contributed by atoms with van der Waals surface area (Å²) in [5, 5.41) is 11.0. The summed E-state index contributed by atoms with van der Waals surface area (Å²) in [4.78, 5) is 50.9. The Labute approximate surface area is 195 Å². The van der Waals surface area contributed by atoms with Crippen molar-refractivity contribution >= 4 is 34.8 Å². The third-order valence-electron chi connectivity index (χ3n) is 6.66. The summed E-state index contributed by atoms with van der Waals surface area (Å²) < 4.78 is 0. The number of Topliss-reactive ketones (excluding diaryl/α,β-unsaturated/α-hetero) is 1. The first-order valence-corrected chi connectivity index (χ1v) is 11.0. The number of amides is 2. The molecule has 34 heavy (non-hydrogen) atoms. The van der Waals surface area contributed by atoms with Crippen LogP contribution in [0.3, 0.4) is 0 Å². The van der Waals surface area contributed by atoms with E-state index in [-0.39, 0.29) is 17.0 Å². The van der Waals surface area contributed by atoms with Gasteiger partial charge in [-0.15, -0.1) is 0 Å². The van der Waals surface area contributed by atoms with E-state index in [4.69, 9.17) is 4.99 Å². The fourth-order valence-electron chi connectivity index (χ4n) is 5.15. The molecule has 0 bridgehead atoms. The van der Waals surface area contributed by atoms with Crippen molar-refractivity contribution in [2.75, 3.05) is 4.90 Å². The van der Waals surface area contributed by atoms with Crippen LogP contribution in [0.25, 0.3) is 5.76 Å². The summed E-state index contributed by atoms with van der Waals surface area (Å²) in [5.74, 6) is -3.31. The summed E-state index contributed by atoms with van der Waals surface area (Å²) in [5.41, 5.74) is 2.80. The molecule has 1 N–H and O–H groups in total. The third kappa shape index (κ3) is 2.73. The Morgan fingerprint density at radius 2 is 1.65 bits per heavy atom. The minimum Gasteiger partial charge on any atom is -0.506 e. The molecule has 0 unspecified atom stereocenters. The maximum Gasteiger partial charge on any atom is 0.243 e. The van der Waals surface area contributed by atoms with Gasteiger partial charge in [0, 0.05) is 17.3 Å². The first-order chi connectivity index (χ1) is 16.5. The molecule has 0 radical (unpaired) electrons. The number of benzene rings is 2. The number of hydrogen-bond donors (Lipinski definition) is 1. The number of hydrogen-bond acceptors (Lipinski definition) is 6. The first kappa shape index (κ1) is 20.2. The average Bonchev–Trinajstić information content (AvgIpc) is 3.44. The van der Waals surface area contributed by atoms with Gasteiger partial charge in [-0.25, -0.2) is 4.90 Å².